The monoisotopic (exact) mass is 230 g/mol. The van der Waals surface area contributed by atoms with Gasteiger partial charge in [-0.3, -0.25) is 0 Å². The maximum Gasteiger partial charge on any atom is 1.00 e. The van der Waals surface area contributed by atoms with Gasteiger partial charge in [-0.25, -0.2) is 13.1 Å². The van der Waals surface area contributed by atoms with E-state index < -0.39 is 10.3 Å². The van der Waals surface area contributed by atoms with E-state index in [4.69, 9.17) is 0 Å². The van der Waals surface area contributed by atoms with Gasteiger partial charge in [0.15, 0.2) is 10.3 Å². The Hall–Kier alpha value is 0.830. The van der Waals surface area contributed by atoms with Crippen LogP contribution in [0.5, 0.6) is 0 Å². The molecule has 7 heteroatoms. The van der Waals surface area contributed by atoms with Crippen LogP contribution in [0.2, 0.25) is 0 Å². The van der Waals surface area contributed by atoms with E-state index in [9.17, 15) is 13.0 Å². The predicted molar refractivity (Wildman–Crippen MR) is 48.0 cm³/mol. The molecule has 0 aliphatic carbocycles. The molecular weight excluding hydrogens is 215 g/mol. The molecule has 0 bridgehead atoms. The number of rotatable bonds is 5. The summed E-state index contributed by atoms with van der Waals surface area (Å²) in [6, 6.07) is 0. The van der Waals surface area contributed by atoms with Gasteiger partial charge in [0.2, 0.25) is 0 Å². The molecule has 1 saturated heterocycles. The smallest absolute Gasteiger partial charge is 0.735 e. The predicted octanol–water partition coefficient (Wildman–Crippen LogP) is -3.47. The molecule has 0 amide bonds. The molecule has 1 N–H and O–H groups in total. The molecule has 0 saturated carbocycles. The van der Waals surface area contributed by atoms with Crippen LogP contribution in [0.4, 0.5) is 0 Å². The molecule has 5 nitrogen and oxygen atoms in total. The summed E-state index contributed by atoms with van der Waals surface area (Å²) in [6.45, 7) is 3.33. The summed E-state index contributed by atoms with van der Waals surface area (Å²) in [5, 5.41) is 0. The SMILES string of the molecule is O=S(=O)([O-])NCCCN1CCCC1.[Na+]. The van der Waals surface area contributed by atoms with Crippen molar-refractivity contribution in [1.82, 2.24) is 9.62 Å². The Kier molecular flexibility index (Phi) is 7.59. The molecule has 0 aromatic heterocycles. The number of nitrogens with one attached hydrogen (secondary N) is 1. The van der Waals surface area contributed by atoms with E-state index in [1.54, 1.807) is 0 Å². The van der Waals surface area contributed by atoms with Crippen LogP contribution >= 0.6 is 0 Å². The third kappa shape index (κ3) is 7.17. The summed E-state index contributed by atoms with van der Waals surface area (Å²) in [5.41, 5.74) is 0. The van der Waals surface area contributed by atoms with Crippen LogP contribution in [0.15, 0.2) is 0 Å². The normalized spacial score (nSPS) is 18.1. The van der Waals surface area contributed by atoms with Gasteiger partial charge in [0, 0.05) is 6.54 Å². The van der Waals surface area contributed by atoms with Crippen molar-refractivity contribution in [3.05, 3.63) is 0 Å². The Labute approximate surface area is 107 Å². The van der Waals surface area contributed by atoms with Gasteiger partial charge in [0.05, 0.1) is 0 Å². The summed E-state index contributed by atoms with van der Waals surface area (Å²) in [5.74, 6) is 0. The second kappa shape index (κ2) is 7.16. The van der Waals surface area contributed by atoms with Crippen LogP contribution in [0.1, 0.15) is 19.3 Å². The first-order chi connectivity index (χ1) is 6.08. The molecule has 0 radical (unpaired) electrons. The van der Waals surface area contributed by atoms with Gasteiger partial charge in [-0.2, -0.15) is 0 Å². The summed E-state index contributed by atoms with van der Waals surface area (Å²) >= 11 is 0. The minimum Gasteiger partial charge on any atom is -0.735 e. The first-order valence-corrected chi connectivity index (χ1v) is 5.91. The molecule has 78 valence electrons. The van der Waals surface area contributed by atoms with Crippen molar-refractivity contribution in [2.24, 2.45) is 0 Å². The average Bonchev–Trinajstić information content (AvgIpc) is 2.48. The molecule has 1 fully saturated rings. The van der Waals surface area contributed by atoms with Gasteiger partial charge >= 0.3 is 29.6 Å². The molecule has 0 atom stereocenters. The van der Waals surface area contributed by atoms with E-state index in [-0.39, 0.29) is 36.1 Å². The zero-order valence-electron chi connectivity index (χ0n) is 8.53. The largest absolute Gasteiger partial charge is 1.00 e. The van der Waals surface area contributed by atoms with Crippen molar-refractivity contribution >= 4 is 10.3 Å². The van der Waals surface area contributed by atoms with E-state index in [1.165, 1.54) is 12.8 Å². The number of likely N-dealkylation sites (tertiary alicyclic amines) is 1. The summed E-state index contributed by atoms with van der Waals surface area (Å²) in [6.07, 6.45) is 3.17. The molecule has 1 aliphatic rings. The minimum atomic E-state index is -4.24. The molecular formula is C7H15N2NaO3S. The topological polar surface area (TPSA) is 72.5 Å². The van der Waals surface area contributed by atoms with Crippen LogP contribution in [0.25, 0.3) is 0 Å². The zero-order chi connectivity index (χ0) is 9.73. The van der Waals surface area contributed by atoms with Gasteiger partial charge in [0.1, 0.15) is 0 Å². The van der Waals surface area contributed by atoms with Crippen LogP contribution in [0, 0.1) is 0 Å². The van der Waals surface area contributed by atoms with Gasteiger partial charge in [-0.05, 0) is 38.9 Å². The van der Waals surface area contributed by atoms with E-state index in [2.05, 4.69) is 4.90 Å². The molecule has 0 aromatic carbocycles. The Balaban J connectivity index is 0.00000169. The molecule has 1 rings (SSSR count). The van der Waals surface area contributed by atoms with E-state index in [0.717, 1.165) is 19.6 Å². The fourth-order valence-electron chi connectivity index (χ4n) is 1.51. The molecule has 0 spiro atoms. The number of hydrogen-bond acceptors (Lipinski definition) is 4. The van der Waals surface area contributed by atoms with Crippen molar-refractivity contribution < 1.29 is 42.5 Å². The summed E-state index contributed by atoms with van der Waals surface area (Å²) < 4.78 is 32.4. The van der Waals surface area contributed by atoms with Crippen molar-refractivity contribution in [2.45, 2.75) is 19.3 Å². The molecule has 0 aromatic rings. The van der Waals surface area contributed by atoms with Crippen molar-refractivity contribution in [2.75, 3.05) is 26.2 Å². The van der Waals surface area contributed by atoms with Crippen LogP contribution in [-0.4, -0.2) is 44.0 Å². The van der Waals surface area contributed by atoms with Crippen LogP contribution < -0.4 is 34.3 Å². The van der Waals surface area contributed by atoms with Crippen molar-refractivity contribution in [3.63, 3.8) is 0 Å². The summed E-state index contributed by atoms with van der Waals surface area (Å²) in [4.78, 5) is 2.28. The second-order valence-corrected chi connectivity index (χ2v) is 4.45. The Bertz CT molecular complexity index is 239. The van der Waals surface area contributed by atoms with Gasteiger partial charge in [-0.15, -0.1) is 0 Å². The van der Waals surface area contributed by atoms with Gasteiger partial charge in [0.25, 0.3) is 0 Å². The molecule has 1 heterocycles. The van der Waals surface area contributed by atoms with E-state index in [1.807, 2.05) is 4.72 Å². The van der Waals surface area contributed by atoms with Crippen LogP contribution in [0.3, 0.4) is 0 Å². The summed E-state index contributed by atoms with van der Waals surface area (Å²) in [7, 11) is -4.24. The Morgan fingerprint density at radius 1 is 1.29 bits per heavy atom. The zero-order valence-corrected chi connectivity index (χ0v) is 11.3. The molecule has 0 unspecified atom stereocenters. The van der Waals surface area contributed by atoms with Crippen LogP contribution in [-0.2, 0) is 10.3 Å². The fourth-order valence-corrected chi connectivity index (χ4v) is 1.90. The third-order valence-electron chi connectivity index (χ3n) is 2.13. The van der Waals surface area contributed by atoms with E-state index >= 15 is 0 Å². The van der Waals surface area contributed by atoms with Gasteiger partial charge < -0.3 is 9.45 Å². The Morgan fingerprint density at radius 3 is 2.36 bits per heavy atom. The van der Waals surface area contributed by atoms with Gasteiger partial charge in [-0.1, -0.05) is 0 Å². The van der Waals surface area contributed by atoms with Crippen molar-refractivity contribution in [3.8, 4) is 0 Å². The maximum absolute atomic E-state index is 10.1. The quantitative estimate of drug-likeness (QED) is 0.302. The van der Waals surface area contributed by atoms with Crippen molar-refractivity contribution in [1.29, 1.82) is 0 Å². The molecule has 14 heavy (non-hydrogen) atoms. The van der Waals surface area contributed by atoms with E-state index in [0.29, 0.717) is 6.42 Å². The first kappa shape index (κ1) is 14.8. The first-order valence-electron chi connectivity index (χ1n) is 4.51. The molecule has 1 aliphatic heterocycles. The average molecular weight is 230 g/mol. The third-order valence-corrected chi connectivity index (χ3v) is 2.69. The Morgan fingerprint density at radius 2 is 1.86 bits per heavy atom. The fraction of sp³-hybridized carbons (Fsp3) is 1.00. The second-order valence-electron chi connectivity index (χ2n) is 3.25. The standard InChI is InChI=1S/C7H16N2O3S.Na/c10-13(11,12)8-4-3-7-9-5-1-2-6-9;/h8H,1-7H2,(H,10,11,12);/q;+1/p-1. The number of nitrogens with zero attached hydrogens (tertiary/aromatic N) is 1. The maximum atomic E-state index is 10.1. The minimum absolute atomic E-state index is 0. The number of hydrogen-bond donors (Lipinski definition) is 1.